The minimum Gasteiger partial charge on any atom is -0.744 e. The van der Waals surface area contributed by atoms with Crippen molar-refractivity contribution >= 4 is 22.1 Å². The number of hydrogen-bond donors (Lipinski definition) is 0. The van der Waals surface area contributed by atoms with Gasteiger partial charge in [-0.05, 0) is 31.0 Å². The van der Waals surface area contributed by atoms with Crippen molar-refractivity contribution in [3.8, 4) is 0 Å². The second-order valence-corrected chi connectivity index (χ2v) is 7.63. The molecule has 1 aliphatic heterocycles. The van der Waals surface area contributed by atoms with Gasteiger partial charge in [-0.3, -0.25) is 4.79 Å². The quantitative estimate of drug-likeness (QED) is 0.589. The molecule has 4 rings (SSSR count). The molecule has 23 heavy (non-hydrogen) atoms. The third-order valence-corrected chi connectivity index (χ3v) is 5.85. The minimum atomic E-state index is -4.64. The molecule has 1 heterocycles. The number of carbonyl (C=O) groups excluding carboxylic acids is 2. The standard InChI is InChI=1S/C15H14O7S/c16-14(7-2-1-3-9(4-7)23(18,19)20)21-12-8-5-10-11(6-8)15(17)22-13(10)12/h1-4,8,10-13H,5-6H2,(H,18,19,20)/p-1. The normalized spacial score (nSPS) is 34.5. The average molecular weight is 337 g/mol. The summed E-state index contributed by atoms with van der Waals surface area (Å²) in [6.07, 6.45) is 0.560. The van der Waals surface area contributed by atoms with Crippen molar-refractivity contribution in [3.63, 3.8) is 0 Å². The lowest BCUT2D eigenvalue weighted by Gasteiger charge is -2.25. The van der Waals surface area contributed by atoms with Gasteiger partial charge in [-0.25, -0.2) is 13.2 Å². The van der Waals surface area contributed by atoms with Gasteiger partial charge in [0.2, 0.25) is 0 Å². The van der Waals surface area contributed by atoms with E-state index in [-0.39, 0.29) is 29.3 Å². The first-order chi connectivity index (χ1) is 10.8. The summed E-state index contributed by atoms with van der Waals surface area (Å²) in [4.78, 5) is 23.5. The molecule has 0 radical (unpaired) electrons. The van der Waals surface area contributed by atoms with Gasteiger partial charge >= 0.3 is 11.9 Å². The zero-order valence-corrected chi connectivity index (χ0v) is 12.7. The molecule has 7 nitrogen and oxygen atoms in total. The molecule has 0 amide bonds. The van der Waals surface area contributed by atoms with Crippen molar-refractivity contribution in [2.75, 3.05) is 0 Å². The number of fused-ring (bicyclic) bond motifs is 1. The van der Waals surface area contributed by atoms with Gasteiger partial charge in [-0.1, -0.05) is 6.07 Å². The van der Waals surface area contributed by atoms with E-state index >= 15 is 0 Å². The first-order valence-electron chi connectivity index (χ1n) is 7.32. The van der Waals surface area contributed by atoms with Crippen LogP contribution in [0, 0.1) is 17.8 Å². The van der Waals surface area contributed by atoms with Crippen molar-refractivity contribution in [3.05, 3.63) is 29.8 Å². The molecule has 1 aromatic rings. The van der Waals surface area contributed by atoms with Gasteiger partial charge in [-0.2, -0.15) is 0 Å². The molecular formula is C15H13O7S-. The molecule has 3 fully saturated rings. The van der Waals surface area contributed by atoms with Crippen LogP contribution in [0.3, 0.4) is 0 Å². The maximum atomic E-state index is 12.3. The predicted octanol–water partition coefficient (Wildman–Crippen LogP) is 0.697. The second kappa shape index (κ2) is 4.78. The van der Waals surface area contributed by atoms with E-state index in [1.807, 2.05) is 0 Å². The summed E-state index contributed by atoms with van der Waals surface area (Å²) in [5.41, 5.74) is -0.00873. The molecular weight excluding hydrogens is 324 g/mol. The summed E-state index contributed by atoms with van der Waals surface area (Å²) in [5, 5.41) is 0. The van der Waals surface area contributed by atoms with E-state index in [4.69, 9.17) is 9.47 Å². The number of benzene rings is 1. The highest BCUT2D eigenvalue weighted by molar-refractivity contribution is 7.85. The van der Waals surface area contributed by atoms with Gasteiger partial charge in [0.25, 0.3) is 0 Å². The van der Waals surface area contributed by atoms with Gasteiger partial charge in [0, 0.05) is 11.8 Å². The van der Waals surface area contributed by atoms with E-state index in [1.54, 1.807) is 0 Å². The van der Waals surface area contributed by atoms with Crippen LogP contribution in [0.25, 0.3) is 0 Å². The van der Waals surface area contributed by atoms with Crippen molar-refractivity contribution in [2.45, 2.75) is 29.9 Å². The molecule has 0 aromatic heterocycles. The van der Waals surface area contributed by atoms with E-state index in [0.717, 1.165) is 18.6 Å². The van der Waals surface area contributed by atoms with Crippen LogP contribution in [0.15, 0.2) is 29.2 Å². The van der Waals surface area contributed by atoms with Gasteiger partial charge in [0.15, 0.2) is 0 Å². The van der Waals surface area contributed by atoms with Crippen LogP contribution in [-0.4, -0.2) is 37.1 Å². The summed E-state index contributed by atoms with van der Waals surface area (Å²) < 4.78 is 43.9. The molecule has 0 N–H and O–H groups in total. The lowest BCUT2D eigenvalue weighted by atomic mass is 9.88. The third-order valence-electron chi connectivity index (χ3n) is 5.02. The molecule has 0 spiro atoms. The highest BCUT2D eigenvalue weighted by atomic mass is 32.2. The van der Waals surface area contributed by atoms with Gasteiger partial charge in [0.1, 0.15) is 22.3 Å². The van der Waals surface area contributed by atoms with Crippen molar-refractivity contribution in [1.29, 1.82) is 0 Å². The minimum absolute atomic E-state index is 0.00873. The molecule has 5 atom stereocenters. The predicted molar refractivity (Wildman–Crippen MR) is 73.2 cm³/mol. The fraction of sp³-hybridized carbons (Fsp3) is 0.467. The number of rotatable bonds is 3. The topological polar surface area (TPSA) is 110 Å². The average Bonchev–Trinajstić information content (AvgIpc) is 3.11. The molecule has 1 saturated heterocycles. The molecule has 2 bridgehead atoms. The lowest BCUT2D eigenvalue weighted by molar-refractivity contribution is -0.146. The van der Waals surface area contributed by atoms with Crippen molar-refractivity contribution in [1.82, 2.24) is 0 Å². The summed E-state index contributed by atoms with van der Waals surface area (Å²) in [5.74, 6) is -0.808. The Morgan fingerprint density at radius 2 is 2.09 bits per heavy atom. The van der Waals surface area contributed by atoms with E-state index in [1.165, 1.54) is 12.1 Å². The zero-order valence-electron chi connectivity index (χ0n) is 11.9. The molecule has 2 saturated carbocycles. The maximum absolute atomic E-state index is 12.3. The Labute approximate surface area is 132 Å². The Bertz CT molecular complexity index is 800. The number of esters is 2. The number of ether oxygens (including phenoxy) is 2. The summed E-state index contributed by atoms with van der Waals surface area (Å²) in [7, 11) is -4.64. The van der Waals surface area contributed by atoms with Crippen LogP contribution >= 0.6 is 0 Å². The van der Waals surface area contributed by atoms with Gasteiger partial charge in [0.05, 0.1) is 16.4 Å². The SMILES string of the molecule is O=C(OC1C2CC3C(=O)OC1C3C2)c1cccc(S(=O)(=O)[O-])c1. The highest BCUT2D eigenvalue weighted by Gasteiger charge is 2.63. The molecule has 122 valence electrons. The molecule has 3 aliphatic rings. The largest absolute Gasteiger partial charge is 0.744 e. The van der Waals surface area contributed by atoms with Crippen LogP contribution in [0.1, 0.15) is 23.2 Å². The number of hydrogen-bond acceptors (Lipinski definition) is 7. The van der Waals surface area contributed by atoms with E-state index in [2.05, 4.69) is 0 Å². The molecule has 1 aromatic carbocycles. The van der Waals surface area contributed by atoms with Crippen LogP contribution in [0.4, 0.5) is 0 Å². The van der Waals surface area contributed by atoms with E-state index < -0.39 is 33.2 Å². The second-order valence-electron chi connectivity index (χ2n) is 6.26. The van der Waals surface area contributed by atoms with E-state index in [9.17, 15) is 22.6 Å². The first-order valence-corrected chi connectivity index (χ1v) is 8.73. The van der Waals surface area contributed by atoms with Gasteiger partial charge in [-0.15, -0.1) is 0 Å². The summed E-state index contributed by atoms with van der Waals surface area (Å²) in [6.45, 7) is 0. The van der Waals surface area contributed by atoms with E-state index in [0.29, 0.717) is 6.42 Å². The van der Waals surface area contributed by atoms with Crippen molar-refractivity contribution < 1.29 is 32.0 Å². The summed E-state index contributed by atoms with van der Waals surface area (Å²) >= 11 is 0. The van der Waals surface area contributed by atoms with Crippen LogP contribution in [0.2, 0.25) is 0 Å². The molecule has 8 heteroatoms. The zero-order chi connectivity index (χ0) is 16.4. The summed E-state index contributed by atoms with van der Waals surface area (Å²) in [6, 6.07) is 4.82. The monoisotopic (exact) mass is 337 g/mol. The maximum Gasteiger partial charge on any atom is 0.338 e. The van der Waals surface area contributed by atoms with Crippen LogP contribution in [-0.2, 0) is 24.4 Å². The fourth-order valence-corrected chi connectivity index (χ4v) is 4.55. The van der Waals surface area contributed by atoms with Gasteiger partial charge < -0.3 is 14.0 Å². The number of carbonyl (C=O) groups is 2. The fourth-order valence-electron chi connectivity index (χ4n) is 4.03. The highest BCUT2D eigenvalue weighted by Crippen LogP contribution is 2.55. The Morgan fingerprint density at radius 3 is 2.83 bits per heavy atom. The Morgan fingerprint density at radius 1 is 1.30 bits per heavy atom. The Balaban J connectivity index is 1.54. The Kier molecular flexibility index (Phi) is 3.05. The lowest BCUT2D eigenvalue weighted by Crippen LogP contribution is -2.36. The Hall–Kier alpha value is -1.93. The molecule has 2 aliphatic carbocycles. The van der Waals surface area contributed by atoms with Crippen LogP contribution in [0.5, 0.6) is 0 Å². The van der Waals surface area contributed by atoms with Crippen molar-refractivity contribution in [2.24, 2.45) is 17.8 Å². The smallest absolute Gasteiger partial charge is 0.338 e. The molecule has 5 unspecified atom stereocenters. The first kappa shape index (κ1) is 14.6. The third kappa shape index (κ3) is 2.24. The van der Waals surface area contributed by atoms with Crippen LogP contribution < -0.4 is 0 Å².